The van der Waals surface area contributed by atoms with E-state index in [1.165, 1.54) is 5.70 Å². The van der Waals surface area contributed by atoms with E-state index in [0.717, 1.165) is 6.42 Å². The second kappa shape index (κ2) is 1.98. The van der Waals surface area contributed by atoms with Crippen molar-refractivity contribution in [2.45, 2.75) is 27.2 Å². The quantitative estimate of drug-likeness (QED) is 0.469. The molecular formula is C8H13N. The van der Waals surface area contributed by atoms with E-state index in [4.69, 9.17) is 0 Å². The molecule has 1 nitrogen and oxygen atoms in total. The molecule has 9 heavy (non-hydrogen) atoms. The van der Waals surface area contributed by atoms with E-state index in [2.05, 4.69) is 31.8 Å². The van der Waals surface area contributed by atoms with Crippen molar-refractivity contribution in [1.29, 1.82) is 0 Å². The van der Waals surface area contributed by atoms with Crippen molar-refractivity contribution in [2.75, 3.05) is 0 Å². The highest BCUT2D eigenvalue weighted by atomic mass is 14.8. The molecule has 50 valence electrons. The van der Waals surface area contributed by atoms with Gasteiger partial charge in [0.05, 0.1) is 0 Å². The molecule has 0 aromatic carbocycles. The lowest BCUT2D eigenvalue weighted by Gasteiger charge is -2.16. The van der Waals surface area contributed by atoms with E-state index in [0.29, 0.717) is 0 Å². The van der Waals surface area contributed by atoms with Crippen LogP contribution in [0.4, 0.5) is 0 Å². The average molecular weight is 123 g/mol. The molecular weight excluding hydrogens is 110 g/mol. The van der Waals surface area contributed by atoms with Crippen LogP contribution in [0.15, 0.2) is 16.8 Å². The molecule has 0 saturated carbocycles. The molecule has 0 aromatic rings. The van der Waals surface area contributed by atoms with Crippen molar-refractivity contribution in [3.63, 3.8) is 0 Å². The molecule has 0 fully saturated rings. The molecule has 0 N–H and O–H groups in total. The Morgan fingerprint density at radius 3 is 2.33 bits per heavy atom. The van der Waals surface area contributed by atoms with E-state index in [-0.39, 0.29) is 5.41 Å². The number of hydrogen-bond donors (Lipinski definition) is 0. The molecule has 0 radical (unpaired) electrons. The third kappa shape index (κ3) is 1.41. The summed E-state index contributed by atoms with van der Waals surface area (Å²) in [5, 5.41) is 0. The fourth-order valence-electron chi connectivity index (χ4n) is 0.868. The van der Waals surface area contributed by atoms with Gasteiger partial charge in [0, 0.05) is 23.7 Å². The van der Waals surface area contributed by atoms with E-state index in [1.54, 1.807) is 0 Å². The van der Waals surface area contributed by atoms with Gasteiger partial charge in [0.1, 0.15) is 0 Å². The van der Waals surface area contributed by atoms with Gasteiger partial charge in [-0.3, -0.25) is 4.99 Å². The molecule has 1 heteroatoms. The maximum Gasteiger partial charge on any atom is 0.0417 e. The number of allylic oxidation sites excluding steroid dienone is 2. The standard InChI is InChI=1S/C8H13N/c1-8(2,3)7-5-4-6-9-7/h5-6H,4H2,1-3H3. The Hall–Kier alpha value is -0.590. The summed E-state index contributed by atoms with van der Waals surface area (Å²) in [6.45, 7) is 6.55. The van der Waals surface area contributed by atoms with Crippen LogP contribution in [0, 0.1) is 5.41 Å². The van der Waals surface area contributed by atoms with Crippen LogP contribution in [0.5, 0.6) is 0 Å². The van der Waals surface area contributed by atoms with Gasteiger partial charge in [-0.2, -0.15) is 0 Å². The van der Waals surface area contributed by atoms with Crippen molar-refractivity contribution in [2.24, 2.45) is 10.4 Å². The normalized spacial score (nSPS) is 18.3. The van der Waals surface area contributed by atoms with E-state index in [1.807, 2.05) is 6.21 Å². The molecule has 0 amide bonds. The Kier molecular flexibility index (Phi) is 1.43. The minimum Gasteiger partial charge on any atom is -0.265 e. The summed E-state index contributed by atoms with van der Waals surface area (Å²) < 4.78 is 0. The monoisotopic (exact) mass is 123 g/mol. The zero-order valence-corrected chi connectivity index (χ0v) is 6.31. The van der Waals surface area contributed by atoms with E-state index < -0.39 is 0 Å². The van der Waals surface area contributed by atoms with Gasteiger partial charge in [-0.05, 0) is 0 Å². The maximum atomic E-state index is 4.24. The van der Waals surface area contributed by atoms with Crippen LogP contribution in [-0.4, -0.2) is 6.21 Å². The predicted molar refractivity (Wildman–Crippen MR) is 40.6 cm³/mol. The van der Waals surface area contributed by atoms with Crippen LogP contribution in [-0.2, 0) is 0 Å². The molecule has 0 atom stereocenters. The first kappa shape index (κ1) is 6.53. The second-order valence-corrected chi connectivity index (χ2v) is 3.39. The van der Waals surface area contributed by atoms with Crippen LogP contribution in [0.2, 0.25) is 0 Å². The highest BCUT2D eigenvalue weighted by Crippen LogP contribution is 2.28. The van der Waals surface area contributed by atoms with Crippen molar-refractivity contribution in [3.8, 4) is 0 Å². The molecule has 1 heterocycles. The molecule has 0 saturated heterocycles. The number of aliphatic imine (C=N–C) groups is 1. The van der Waals surface area contributed by atoms with Gasteiger partial charge in [0.2, 0.25) is 0 Å². The van der Waals surface area contributed by atoms with Crippen LogP contribution < -0.4 is 0 Å². The minimum atomic E-state index is 0.243. The third-order valence-electron chi connectivity index (χ3n) is 1.42. The summed E-state index contributed by atoms with van der Waals surface area (Å²) in [6.07, 6.45) is 5.16. The average Bonchev–Trinajstić information content (AvgIpc) is 2.08. The van der Waals surface area contributed by atoms with Crippen molar-refractivity contribution >= 4 is 6.21 Å². The Morgan fingerprint density at radius 1 is 1.44 bits per heavy atom. The third-order valence-corrected chi connectivity index (χ3v) is 1.42. The molecule has 1 aliphatic rings. The van der Waals surface area contributed by atoms with Gasteiger partial charge in [-0.1, -0.05) is 26.8 Å². The first-order valence-corrected chi connectivity index (χ1v) is 3.34. The summed E-state index contributed by atoms with van der Waals surface area (Å²) in [5.41, 5.74) is 1.47. The molecule has 1 rings (SSSR count). The molecule has 0 spiro atoms. The lowest BCUT2D eigenvalue weighted by molar-refractivity contribution is 0.500. The number of rotatable bonds is 0. The summed E-state index contributed by atoms with van der Waals surface area (Å²) in [6, 6.07) is 0. The van der Waals surface area contributed by atoms with Gasteiger partial charge in [0.25, 0.3) is 0 Å². The van der Waals surface area contributed by atoms with Crippen molar-refractivity contribution < 1.29 is 0 Å². The highest BCUT2D eigenvalue weighted by Gasteiger charge is 2.16. The summed E-state index contributed by atoms with van der Waals surface area (Å²) in [7, 11) is 0. The predicted octanol–water partition coefficient (Wildman–Crippen LogP) is 2.39. The molecule has 0 bridgehead atoms. The Bertz CT molecular complexity index is 158. The van der Waals surface area contributed by atoms with Gasteiger partial charge >= 0.3 is 0 Å². The Labute approximate surface area is 56.5 Å². The van der Waals surface area contributed by atoms with E-state index in [9.17, 15) is 0 Å². The highest BCUT2D eigenvalue weighted by molar-refractivity contribution is 5.65. The Morgan fingerprint density at radius 2 is 2.11 bits per heavy atom. The first-order chi connectivity index (χ1) is 4.11. The lowest BCUT2D eigenvalue weighted by Crippen LogP contribution is -2.05. The van der Waals surface area contributed by atoms with Crippen LogP contribution in [0.3, 0.4) is 0 Å². The topological polar surface area (TPSA) is 12.4 Å². The first-order valence-electron chi connectivity index (χ1n) is 3.34. The number of nitrogens with zero attached hydrogens (tertiary/aromatic N) is 1. The summed E-state index contributed by atoms with van der Waals surface area (Å²) >= 11 is 0. The minimum absolute atomic E-state index is 0.243. The molecule has 1 aliphatic heterocycles. The SMILES string of the molecule is CC(C)(C)C1=CCC=N1. The molecule has 0 unspecified atom stereocenters. The van der Waals surface area contributed by atoms with Crippen molar-refractivity contribution in [3.05, 3.63) is 11.8 Å². The largest absolute Gasteiger partial charge is 0.265 e. The second-order valence-electron chi connectivity index (χ2n) is 3.39. The molecule has 0 aromatic heterocycles. The Balaban J connectivity index is 2.73. The summed E-state index contributed by atoms with van der Waals surface area (Å²) in [4.78, 5) is 4.24. The van der Waals surface area contributed by atoms with Crippen LogP contribution in [0.25, 0.3) is 0 Å². The van der Waals surface area contributed by atoms with E-state index >= 15 is 0 Å². The maximum absolute atomic E-state index is 4.24. The smallest absolute Gasteiger partial charge is 0.0417 e. The fraction of sp³-hybridized carbons (Fsp3) is 0.625. The fourth-order valence-corrected chi connectivity index (χ4v) is 0.868. The van der Waals surface area contributed by atoms with Crippen LogP contribution in [0.1, 0.15) is 27.2 Å². The lowest BCUT2D eigenvalue weighted by atomic mass is 9.92. The zero-order valence-electron chi connectivity index (χ0n) is 6.31. The summed E-state index contributed by atoms with van der Waals surface area (Å²) in [5.74, 6) is 0. The number of hydrogen-bond acceptors (Lipinski definition) is 1. The van der Waals surface area contributed by atoms with Gasteiger partial charge in [-0.25, -0.2) is 0 Å². The van der Waals surface area contributed by atoms with Gasteiger partial charge in [-0.15, -0.1) is 0 Å². The van der Waals surface area contributed by atoms with Crippen LogP contribution >= 0.6 is 0 Å². The van der Waals surface area contributed by atoms with Crippen molar-refractivity contribution in [1.82, 2.24) is 0 Å². The zero-order chi connectivity index (χ0) is 6.91. The van der Waals surface area contributed by atoms with Gasteiger partial charge < -0.3 is 0 Å². The van der Waals surface area contributed by atoms with Gasteiger partial charge in [0.15, 0.2) is 0 Å². The molecule has 0 aliphatic carbocycles.